The highest BCUT2D eigenvalue weighted by atomic mass is 35.5. The van der Waals surface area contributed by atoms with Crippen molar-refractivity contribution in [1.82, 2.24) is 4.90 Å². The number of unbranched alkanes of at least 4 members (excludes halogenated alkanes) is 1. The number of hydrogen-bond acceptors (Lipinski definition) is 1. The van der Waals surface area contributed by atoms with Gasteiger partial charge in [-0.2, -0.15) is 0 Å². The van der Waals surface area contributed by atoms with Crippen molar-refractivity contribution in [2.24, 2.45) is 5.41 Å². The molecule has 0 aromatic rings. The lowest BCUT2D eigenvalue weighted by Gasteiger charge is -2.26. The molecule has 0 bridgehead atoms. The Labute approximate surface area is 82.1 Å². The summed E-state index contributed by atoms with van der Waals surface area (Å²) >= 11 is 5.60. The van der Waals surface area contributed by atoms with Crippen LogP contribution in [0.1, 0.15) is 33.6 Å². The lowest BCUT2D eigenvalue weighted by atomic mass is 9.96. The maximum absolute atomic E-state index is 5.60. The number of nitrogens with zero attached hydrogens (tertiary/aromatic N) is 1. The van der Waals surface area contributed by atoms with Crippen LogP contribution in [0.25, 0.3) is 0 Å². The lowest BCUT2D eigenvalue weighted by Crippen LogP contribution is -2.30. The van der Waals surface area contributed by atoms with Gasteiger partial charge in [0, 0.05) is 12.4 Å². The summed E-state index contributed by atoms with van der Waals surface area (Å²) in [6.45, 7) is 9.14. The van der Waals surface area contributed by atoms with E-state index in [4.69, 9.17) is 11.6 Å². The SMILES string of the molecule is CN(CCCCCl)CC(C)(C)C. The average molecular weight is 192 g/mol. The standard InChI is InChI=1S/C10H22ClN/c1-10(2,3)9-12(4)8-6-5-7-11/h5-9H2,1-4H3. The number of hydrogen-bond donors (Lipinski definition) is 0. The van der Waals surface area contributed by atoms with Crippen molar-refractivity contribution in [3.05, 3.63) is 0 Å². The summed E-state index contributed by atoms with van der Waals surface area (Å²) < 4.78 is 0. The molecule has 0 rings (SSSR count). The van der Waals surface area contributed by atoms with Crippen LogP contribution in [0.3, 0.4) is 0 Å². The van der Waals surface area contributed by atoms with Crippen molar-refractivity contribution in [2.45, 2.75) is 33.6 Å². The number of alkyl halides is 1. The molecule has 0 aliphatic carbocycles. The maximum Gasteiger partial charge on any atom is 0.0223 e. The van der Waals surface area contributed by atoms with Crippen LogP contribution < -0.4 is 0 Å². The molecule has 74 valence electrons. The Morgan fingerprint density at radius 1 is 1.17 bits per heavy atom. The van der Waals surface area contributed by atoms with Crippen LogP contribution in [0.4, 0.5) is 0 Å². The molecule has 0 fully saturated rings. The fraction of sp³-hybridized carbons (Fsp3) is 1.00. The quantitative estimate of drug-likeness (QED) is 0.477. The minimum atomic E-state index is 0.412. The Hall–Kier alpha value is 0.250. The van der Waals surface area contributed by atoms with Gasteiger partial charge in [0.25, 0.3) is 0 Å². The van der Waals surface area contributed by atoms with Crippen molar-refractivity contribution in [1.29, 1.82) is 0 Å². The Bertz CT molecular complexity index is 107. The third-order valence-electron chi connectivity index (χ3n) is 1.67. The zero-order valence-electron chi connectivity index (χ0n) is 8.86. The normalized spacial score (nSPS) is 12.5. The Morgan fingerprint density at radius 2 is 1.75 bits per heavy atom. The van der Waals surface area contributed by atoms with Gasteiger partial charge in [0.2, 0.25) is 0 Å². The van der Waals surface area contributed by atoms with Crippen LogP contribution in [-0.4, -0.2) is 30.9 Å². The van der Waals surface area contributed by atoms with E-state index >= 15 is 0 Å². The van der Waals surface area contributed by atoms with Gasteiger partial charge in [-0.05, 0) is 31.8 Å². The van der Waals surface area contributed by atoms with Crippen LogP contribution in [0.2, 0.25) is 0 Å². The summed E-state index contributed by atoms with van der Waals surface area (Å²) in [4.78, 5) is 2.38. The Balaban J connectivity index is 3.40. The van der Waals surface area contributed by atoms with E-state index in [1.54, 1.807) is 0 Å². The predicted octanol–water partition coefficient (Wildman–Crippen LogP) is 2.98. The van der Waals surface area contributed by atoms with Crippen molar-refractivity contribution in [3.8, 4) is 0 Å². The van der Waals surface area contributed by atoms with Gasteiger partial charge in [-0.15, -0.1) is 11.6 Å². The Kier molecular flexibility index (Phi) is 5.94. The molecule has 0 saturated heterocycles. The van der Waals surface area contributed by atoms with Crippen molar-refractivity contribution in [2.75, 3.05) is 26.0 Å². The van der Waals surface area contributed by atoms with E-state index < -0.39 is 0 Å². The van der Waals surface area contributed by atoms with Crippen LogP contribution in [-0.2, 0) is 0 Å². The molecule has 0 spiro atoms. The minimum Gasteiger partial charge on any atom is -0.306 e. The number of rotatable bonds is 5. The zero-order valence-corrected chi connectivity index (χ0v) is 9.62. The summed E-state index contributed by atoms with van der Waals surface area (Å²) in [7, 11) is 2.18. The zero-order chi connectivity index (χ0) is 9.61. The summed E-state index contributed by atoms with van der Waals surface area (Å²) in [5, 5.41) is 0. The van der Waals surface area contributed by atoms with Crippen LogP contribution in [0.15, 0.2) is 0 Å². The second-order valence-electron chi connectivity index (χ2n) is 4.69. The highest BCUT2D eigenvalue weighted by Gasteiger charge is 2.12. The van der Waals surface area contributed by atoms with Crippen molar-refractivity contribution in [3.63, 3.8) is 0 Å². The van der Waals surface area contributed by atoms with Gasteiger partial charge in [0.05, 0.1) is 0 Å². The second-order valence-corrected chi connectivity index (χ2v) is 5.07. The molecule has 0 aromatic carbocycles. The van der Waals surface area contributed by atoms with Crippen LogP contribution in [0, 0.1) is 5.41 Å². The van der Waals surface area contributed by atoms with E-state index in [0.717, 1.165) is 18.8 Å². The van der Waals surface area contributed by atoms with E-state index in [2.05, 4.69) is 32.7 Å². The third kappa shape index (κ3) is 8.35. The molecule has 0 unspecified atom stereocenters. The predicted molar refractivity (Wildman–Crippen MR) is 56.9 cm³/mol. The molecule has 0 heterocycles. The summed E-state index contributed by atoms with van der Waals surface area (Å²) in [6, 6.07) is 0. The first-order valence-electron chi connectivity index (χ1n) is 4.70. The molecule has 0 radical (unpaired) electrons. The first-order valence-corrected chi connectivity index (χ1v) is 5.24. The molecule has 0 aromatic heterocycles. The smallest absolute Gasteiger partial charge is 0.0223 e. The van der Waals surface area contributed by atoms with Gasteiger partial charge in [0.15, 0.2) is 0 Å². The fourth-order valence-corrected chi connectivity index (χ4v) is 1.55. The molecular formula is C10H22ClN. The van der Waals surface area contributed by atoms with Crippen LogP contribution in [0.5, 0.6) is 0 Å². The lowest BCUT2D eigenvalue weighted by molar-refractivity contribution is 0.225. The third-order valence-corrected chi connectivity index (χ3v) is 1.93. The van der Waals surface area contributed by atoms with E-state index in [-0.39, 0.29) is 0 Å². The average Bonchev–Trinajstić information content (AvgIpc) is 1.84. The van der Waals surface area contributed by atoms with Gasteiger partial charge in [-0.3, -0.25) is 0 Å². The van der Waals surface area contributed by atoms with E-state index in [1.165, 1.54) is 13.0 Å². The summed E-state index contributed by atoms with van der Waals surface area (Å²) in [5.41, 5.74) is 0.412. The molecule has 0 aliphatic heterocycles. The van der Waals surface area contributed by atoms with E-state index in [0.29, 0.717) is 5.41 Å². The Morgan fingerprint density at radius 3 is 2.17 bits per heavy atom. The summed E-state index contributed by atoms with van der Waals surface area (Å²) in [6.07, 6.45) is 2.35. The largest absolute Gasteiger partial charge is 0.306 e. The molecule has 1 nitrogen and oxygen atoms in total. The van der Waals surface area contributed by atoms with E-state index in [9.17, 15) is 0 Å². The first-order chi connectivity index (χ1) is 5.45. The topological polar surface area (TPSA) is 3.24 Å². The van der Waals surface area contributed by atoms with Gasteiger partial charge in [-0.1, -0.05) is 20.8 Å². The van der Waals surface area contributed by atoms with Crippen LogP contribution >= 0.6 is 11.6 Å². The maximum atomic E-state index is 5.60. The molecular weight excluding hydrogens is 170 g/mol. The highest BCUT2D eigenvalue weighted by molar-refractivity contribution is 6.17. The van der Waals surface area contributed by atoms with Gasteiger partial charge in [0.1, 0.15) is 0 Å². The molecule has 2 heteroatoms. The molecule has 0 N–H and O–H groups in total. The second kappa shape index (κ2) is 5.82. The molecule has 12 heavy (non-hydrogen) atoms. The molecule has 0 atom stereocenters. The molecule has 0 saturated carbocycles. The minimum absolute atomic E-state index is 0.412. The number of halogens is 1. The van der Waals surface area contributed by atoms with Crippen molar-refractivity contribution >= 4 is 11.6 Å². The molecule has 0 amide bonds. The van der Waals surface area contributed by atoms with Gasteiger partial charge >= 0.3 is 0 Å². The highest BCUT2D eigenvalue weighted by Crippen LogP contribution is 2.14. The van der Waals surface area contributed by atoms with Gasteiger partial charge in [-0.25, -0.2) is 0 Å². The monoisotopic (exact) mass is 191 g/mol. The van der Waals surface area contributed by atoms with Gasteiger partial charge < -0.3 is 4.90 Å². The van der Waals surface area contributed by atoms with E-state index in [1.807, 2.05) is 0 Å². The molecule has 0 aliphatic rings. The van der Waals surface area contributed by atoms with Crippen molar-refractivity contribution < 1.29 is 0 Å². The summed E-state index contributed by atoms with van der Waals surface area (Å²) in [5.74, 6) is 0.795. The fourth-order valence-electron chi connectivity index (χ4n) is 1.37. The first kappa shape index (κ1) is 12.2.